The maximum absolute atomic E-state index is 10.8. The Kier molecular flexibility index (Phi) is 4.85. The van der Waals surface area contributed by atoms with Crippen molar-refractivity contribution in [2.75, 3.05) is 24.2 Å². The second kappa shape index (κ2) is 6.16. The molecule has 0 amide bonds. The van der Waals surface area contributed by atoms with E-state index in [9.17, 15) is 10.1 Å². The highest BCUT2D eigenvalue weighted by molar-refractivity contribution is 7.98. The summed E-state index contributed by atoms with van der Waals surface area (Å²) in [6.07, 6.45) is 1.90. The number of rotatable bonds is 5. The number of carboxylic acid groups (broad SMARTS) is 1. The van der Waals surface area contributed by atoms with Gasteiger partial charge in [0.05, 0.1) is 11.3 Å². The highest BCUT2D eigenvalue weighted by atomic mass is 32.2. The molecule has 0 spiro atoms. The van der Waals surface area contributed by atoms with Gasteiger partial charge in [-0.05, 0) is 25.3 Å². The predicted molar refractivity (Wildman–Crippen MR) is 68.5 cm³/mol. The number of benzene rings is 1. The van der Waals surface area contributed by atoms with Crippen molar-refractivity contribution in [3.8, 4) is 6.07 Å². The Morgan fingerprint density at radius 1 is 1.59 bits per heavy atom. The van der Waals surface area contributed by atoms with Crippen molar-refractivity contribution in [1.82, 2.24) is 0 Å². The van der Waals surface area contributed by atoms with Crippen molar-refractivity contribution in [3.63, 3.8) is 0 Å². The summed E-state index contributed by atoms with van der Waals surface area (Å²) in [6.45, 7) is 2.33. The second-order valence-corrected chi connectivity index (χ2v) is 4.22. The van der Waals surface area contributed by atoms with E-state index in [1.54, 1.807) is 11.0 Å². The zero-order valence-corrected chi connectivity index (χ0v) is 10.6. The van der Waals surface area contributed by atoms with Crippen molar-refractivity contribution >= 4 is 23.4 Å². The van der Waals surface area contributed by atoms with Crippen LogP contribution in [-0.2, 0) is 4.79 Å². The quantitative estimate of drug-likeness (QED) is 0.811. The van der Waals surface area contributed by atoms with E-state index in [4.69, 9.17) is 5.11 Å². The van der Waals surface area contributed by atoms with Gasteiger partial charge in [-0.1, -0.05) is 6.07 Å². The lowest BCUT2D eigenvalue weighted by molar-refractivity contribution is -0.135. The van der Waals surface area contributed by atoms with Gasteiger partial charge in [-0.2, -0.15) is 5.26 Å². The lowest BCUT2D eigenvalue weighted by atomic mass is 10.1. The number of carboxylic acids is 1. The van der Waals surface area contributed by atoms with Gasteiger partial charge in [0.25, 0.3) is 0 Å². The third-order valence-electron chi connectivity index (χ3n) is 2.38. The molecule has 0 aliphatic carbocycles. The molecular weight excluding hydrogens is 236 g/mol. The van der Waals surface area contributed by atoms with Gasteiger partial charge in [0.1, 0.15) is 12.6 Å². The van der Waals surface area contributed by atoms with Crippen LogP contribution < -0.4 is 4.90 Å². The largest absolute Gasteiger partial charge is 0.480 e. The molecule has 1 rings (SSSR count). The van der Waals surface area contributed by atoms with Gasteiger partial charge < -0.3 is 10.0 Å². The summed E-state index contributed by atoms with van der Waals surface area (Å²) in [6, 6.07) is 7.63. The van der Waals surface area contributed by atoms with Gasteiger partial charge in [-0.15, -0.1) is 11.8 Å². The smallest absolute Gasteiger partial charge is 0.323 e. The predicted octanol–water partition coefficient (Wildman–Crippen LogP) is 2.19. The average Bonchev–Trinajstić information content (AvgIpc) is 2.34. The van der Waals surface area contributed by atoms with Crippen LogP contribution in [0, 0.1) is 11.3 Å². The van der Waals surface area contributed by atoms with Crippen LogP contribution in [0.25, 0.3) is 0 Å². The number of anilines is 1. The minimum Gasteiger partial charge on any atom is -0.480 e. The topological polar surface area (TPSA) is 64.3 Å². The van der Waals surface area contributed by atoms with Crippen LogP contribution in [-0.4, -0.2) is 30.4 Å². The van der Waals surface area contributed by atoms with Crippen LogP contribution in [0.5, 0.6) is 0 Å². The van der Waals surface area contributed by atoms with Crippen LogP contribution in [0.2, 0.25) is 0 Å². The molecule has 0 saturated carbocycles. The molecular formula is C12H14N2O2S. The number of hydrogen-bond acceptors (Lipinski definition) is 4. The summed E-state index contributed by atoms with van der Waals surface area (Å²) < 4.78 is 0. The lowest BCUT2D eigenvalue weighted by Crippen LogP contribution is -2.30. The van der Waals surface area contributed by atoms with Crippen molar-refractivity contribution in [2.45, 2.75) is 11.8 Å². The zero-order valence-electron chi connectivity index (χ0n) is 9.80. The van der Waals surface area contributed by atoms with E-state index in [1.807, 2.05) is 25.3 Å². The normalized spacial score (nSPS) is 9.71. The zero-order chi connectivity index (χ0) is 12.8. The van der Waals surface area contributed by atoms with Crippen molar-refractivity contribution in [2.24, 2.45) is 0 Å². The van der Waals surface area contributed by atoms with E-state index in [0.29, 0.717) is 17.8 Å². The van der Waals surface area contributed by atoms with Gasteiger partial charge in [0.15, 0.2) is 0 Å². The molecule has 17 heavy (non-hydrogen) atoms. The van der Waals surface area contributed by atoms with E-state index < -0.39 is 5.97 Å². The number of hydrogen-bond donors (Lipinski definition) is 1. The molecule has 0 heterocycles. The molecule has 0 aromatic heterocycles. The Morgan fingerprint density at radius 2 is 2.29 bits per heavy atom. The fourth-order valence-electron chi connectivity index (χ4n) is 1.60. The minimum atomic E-state index is -0.898. The van der Waals surface area contributed by atoms with Crippen LogP contribution in [0.3, 0.4) is 0 Å². The Labute approximate surface area is 105 Å². The molecule has 90 valence electrons. The molecule has 1 aromatic carbocycles. The van der Waals surface area contributed by atoms with Gasteiger partial charge in [0, 0.05) is 11.4 Å². The van der Waals surface area contributed by atoms with Gasteiger partial charge >= 0.3 is 5.97 Å². The van der Waals surface area contributed by atoms with Gasteiger partial charge in [0.2, 0.25) is 0 Å². The number of aliphatic carboxylic acids is 1. The maximum Gasteiger partial charge on any atom is 0.323 e. The summed E-state index contributed by atoms with van der Waals surface area (Å²) >= 11 is 1.48. The maximum atomic E-state index is 10.8. The molecule has 0 radical (unpaired) electrons. The summed E-state index contributed by atoms with van der Waals surface area (Å²) in [5.41, 5.74) is 1.23. The second-order valence-electron chi connectivity index (χ2n) is 3.37. The SMILES string of the molecule is CCN(CC(=O)O)c1cccc(SC)c1C#N. The van der Waals surface area contributed by atoms with E-state index in [1.165, 1.54) is 11.8 Å². The van der Waals surface area contributed by atoms with E-state index >= 15 is 0 Å². The average molecular weight is 250 g/mol. The highest BCUT2D eigenvalue weighted by Crippen LogP contribution is 2.28. The minimum absolute atomic E-state index is 0.0942. The van der Waals surface area contributed by atoms with E-state index in [2.05, 4.69) is 6.07 Å². The number of thioether (sulfide) groups is 1. The first-order valence-electron chi connectivity index (χ1n) is 5.17. The molecule has 0 unspecified atom stereocenters. The summed E-state index contributed by atoms with van der Waals surface area (Å²) in [5, 5.41) is 18.0. The number of likely N-dealkylation sites (N-methyl/N-ethyl adjacent to an activating group) is 1. The van der Waals surface area contributed by atoms with Gasteiger partial charge in [-0.3, -0.25) is 4.79 Å². The van der Waals surface area contributed by atoms with E-state index in [0.717, 1.165) is 4.90 Å². The molecule has 0 saturated heterocycles. The van der Waals surface area contributed by atoms with Crippen LogP contribution >= 0.6 is 11.8 Å². The Bertz CT molecular complexity index is 454. The molecule has 5 heteroatoms. The fraction of sp³-hybridized carbons (Fsp3) is 0.333. The molecule has 1 aromatic rings. The Balaban J connectivity index is 3.19. The van der Waals surface area contributed by atoms with Crippen LogP contribution in [0.15, 0.2) is 23.1 Å². The van der Waals surface area contributed by atoms with Crippen molar-refractivity contribution < 1.29 is 9.90 Å². The molecule has 0 aliphatic rings. The fourth-order valence-corrected chi connectivity index (χ4v) is 2.17. The first-order valence-corrected chi connectivity index (χ1v) is 6.40. The lowest BCUT2D eigenvalue weighted by Gasteiger charge is -2.22. The van der Waals surface area contributed by atoms with Crippen LogP contribution in [0.4, 0.5) is 5.69 Å². The van der Waals surface area contributed by atoms with Crippen molar-refractivity contribution in [3.05, 3.63) is 23.8 Å². The van der Waals surface area contributed by atoms with Crippen molar-refractivity contribution in [1.29, 1.82) is 5.26 Å². The Morgan fingerprint density at radius 3 is 2.76 bits per heavy atom. The summed E-state index contributed by atoms with van der Waals surface area (Å²) in [7, 11) is 0. The first-order chi connectivity index (χ1) is 8.13. The standard InChI is InChI=1S/C12H14N2O2S/c1-3-14(8-12(15)16)10-5-4-6-11(17-2)9(10)7-13/h4-6H,3,8H2,1-2H3,(H,15,16). The summed E-state index contributed by atoms with van der Waals surface area (Å²) in [4.78, 5) is 13.3. The molecule has 0 aliphatic heterocycles. The number of nitrogens with zero attached hydrogens (tertiary/aromatic N) is 2. The Hall–Kier alpha value is -1.67. The number of carbonyl (C=O) groups is 1. The number of nitriles is 1. The molecule has 0 atom stereocenters. The summed E-state index contributed by atoms with van der Waals surface area (Å²) in [5.74, 6) is -0.898. The first kappa shape index (κ1) is 13.4. The monoisotopic (exact) mass is 250 g/mol. The van der Waals surface area contributed by atoms with E-state index in [-0.39, 0.29) is 6.54 Å². The third kappa shape index (κ3) is 3.14. The molecule has 0 fully saturated rings. The molecule has 4 nitrogen and oxygen atoms in total. The highest BCUT2D eigenvalue weighted by Gasteiger charge is 2.15. The third-order valence-corrected chi connectivity index (χ3v) is 3.16. The van der Waals surface area contributed by atoms with Gasteiger partial charge in [-0.25, -0.2) is 0 Å². The molecule has 0 bridgehead atoms. The molecule has 1 N–H and O–H groups in total. The van der Waals surface area contributed by atoms with Crippen LogP contribution in [0.1, 0.15) is 12.5 Å².